The Kier molecular flexibility index (Phi) is 5.73. The Balaban J connectivity index is 1.78. The number of hydrogen-bond donors (Lipinski definition) is 1. The molecule has 0 fully saturated rings. The maximum atomic E-state index is 13.3. The Morgan fingerprint density at radius 3 is 2.60 bits per heavy atom. The molecule has 0 bridgehead atoms. The van der Waals surface area contributed by atoms with Gasteiger partial charge in [0.1, 0.15) is 4.90 Å². The molecule has 0 aliphatic rings. The second-order valence-electron chi connectivity index (χ2n) is 6.21. The van der Waals surface area contributed by atoms with Crippen LogP contribution in [-0.2, 0) is 10.0 Å². The summed E-state index contributed by atoms with van der Waals surface area (Å²) in [5, 5.41) is 0.971. The number of pyridine rings is 2. The van der Waals surface area contributed by atoms with Crippen LogP contribution in [0.1, 0.15) is 11.1 Å². The van der Waals surface area contributed by atoms with Crippen molar-refractivity contribution in [2.75, 3.05) is 4.72 Å². The molecule has 0 saturated heterocycles. The van der Waals surface area contributed by atoms with Crippen molar-refractivity contribution in [3.63, 3.8) is 0 Å². The lowest BCUT2D eigenvalue weighted by Crippen LogP contribution is -2.15. The third-order valence-electron chi connectivity index (χ3n) is 4.21. The summed E-state index contributed by atoms with van der Waals surface area (Å²) in [7, 11) is -3.99. The maximum absolute atomic E-state index is 13.3. The number of sulfonamides is 1. The minimum absolute atomic E-state index is 0.0116. The number of anilines is 1. The zero-order valence-corrected chi connectivity index (χ0v) is 18.5. The number of hydrogen-bond acceptors (Lipinski definition) is 4. The smallest absolute Gasteiger partial charge is 0.265 e. The lowest BCUT2D eigenvalue weighted by Gasteiger charge is -2.13. The Hall–Kier alpha value is -2.92. The van der Waals surface area contributed by atoms with Gasteiger partial charge in [-0.2, -0.15) is 0 Å². The highest BCUT2D eigenvalue weighted by atomic mass is 79.9. The Bertz CT molecular complexity index is 1420. The van der Waals surface area contributed by atoms with Gasteiger partial charge in [0.05, 0.1) is 16.2 Å². The van der Waals surface area contributed by atoms with E-state index in [-0.39, 0.29) is 10.4 Å². The van der Waals surface area contributed by atoms with E-state index < -0.39 is 10.0 Å². The average molecular weight is 499 g/mol. The van der Waals surface area contributed by atoms with Crippen LogP contribution in [-0.4, -0.2) is 18.4 Å². The molecular weight excluding hydrogens is 486 g/mol. The van der Waals surface area contributed by atoms with E-state index in [1.54, 1.807) is 60.9 Å². The molecule has 0 saturated carbocycles. The molecular formula is C22H13BrClN3O2S. The molecule has 2 aromatic heterocycles. The molecule has 2 aromatic carbocycles. The molecule has 0 unspecified atom stereocenters. The molecule has 4 aromatic rings. The number of para-hydroxylation sites is 1. The molecule has 1 N–H and O–H groups in total. The Morgan fingerprint density at radius 1 is 0.967 bits per heavy atom. The third-order valence-corrected chi connectivity index (χ3v) is 6.90. The number of rotatable bonds is 3. The summed E-state index contributed by atoms with van der Waals surface area (Å²) < 4.78 is 29.6. The van der Waals surface area contributed by atoms with Crippen molar-refractivity contribution in [1.29, 1.82) is 0 Å². The van der Waals surface area contributed by atoms with Crippen molar-refractivity contribution in [3.05, 3.63) is 93.8 Å². The second-order valence-corrected chi connectivity index (χ2v) is 9.09. The standard InChI is InChI=1S/C22H13BrClN3O2S/c23-18-10-9-17-19(24)11-13-26-21(17)22(18)30(28,29)27-20-6-2-1-5-16(20)8-7-15-4-3-12-25-14-15/h1-6,9-14,27H. The summed E-state index contributed by atoms with van der Waals surface area (Å²) in [5.41, 5.74) is 1.90. The van der Waals surface area contributed by atoms with Crippen LogP contribution in [0.3, 0.4) is 0 Å². The molecule has 0 amide bonds. The monoisotopic (exact) mass is 497 g/mol. The number of nitrogens with zero attached hydrogens (tertiary/aromatic N) is 2. The van der Waals surface area contributed by atoms with Gasteiger partial charge in [-0.3, -0.25) is 14.7 Å². The number of halogens is 2. The van der Waals surface area contributed by atoms with E-state index in [2.05, 4.69) is 42.5 Å². The zero-order chi connectivity index (χ0) is 21.1. The first kappa shape index (κ1) is 20.4. The van der Waals surface area contributed by atoms with E-state index >= 15 is 0 Å². The van der Waals surface area contributed by atoms with E-state index in [4.69, 9.17) is 11.6 Å². The average Bonchev–Trinajstić information content (AvgIpc) is 2.73. The number of aromatic nitrogens is 2. The lowest BCUT2D eigenvalue weighted by molar-refractivity contribution is 0.601. The van der Waals surface area contributed by atoms with Crippen molar-refractivity contribution in [3.8, 4) is 11.8 Å². The second kappa shape index (κ2) is 8.44. The quantitative estimate of drug-likeness (QED) is 0.392. The van der Waals surface area contributed by atoms with Gasteiger partial charge in [-0.05, 0) is 52.3 Å². The number of nitrogens with one attached hydrogen (secondary N) is 1. The van der Waals surface area contributed by atoms with Crippen molar-refractivity contribution in [2.24, 2.45) is 0 Å². The van der Waals surface area contributed by atoms with Crippen molar-refractivity contribution in [2.45, 2.75) is 4.90 Å². The van der Waals surface area contributed by atoms with Crippen molar-refractivity contribution in [1.82, 2.24) is 9.97 Å². The summed E-state index contributed by atoms with van der Waals surface area (Å²) in [6, 6.07) is 15.5. The van der Waals surface area contributed by atoms with Gasteiger partial charge in [0, 0.05) is 39.6 Å². The van der Waals surface area contributed by atoms with Crippen LogP contribution in [0.5, 0.6) is 0 Å². The highest BCUT2D eigenvalue weighted by Gasteiger charge is 2.23. The van der Waals surface area contributed by atoms with Crippen LogP contribution in [0, 0.1) is 11.8 Å². The molecule has 30 heavy (non-hydrogen) atoms. The minimum atomic E-state index is -3.99. The summed E-state index contributed by atoms with van der Waals surface area (Å²) >= 11 is 9.56. The zero-order valence-electron chi connectivity index (χ0n) is 15.3. The van der Waals surface area contributed by atoms with Gasteiger partial charge in [0.2, 0.25) is 0 Å². The Morgan fingerprint density at radius 2 is 1.80 bits per heavy atom. The van der Waals surface area contributed by atoms with Gasteiger partial charge in [0.15, 0.2) is 0 Å². The van der Waals surface area contributed by atoms with Crippen LogP contribution in [0.2, 0.25) is 5.02 Å². The summed E-state index contributed by atoms with van der Waals surface area (Å²) in [6.07, 6.45) is 4.78. The van der Waals surface area contributed by atoms with Crippen LogP contribution in [0.15, 0.2) is 82.6 Å². The highest BCUT2D eigenvalue weighted by Crippen LogP contribution is 2.33. The molecule has 2 heterocycles. The maximum Gasteiger partial charge on any atom is 0.265 e. The van der Waals surface area contributed by atoms with Crippen LogP contribution in [0.25, 0.3) is 10.9 Å². The Labute approximate surface area is 187 Å². The van der Waals surface area contributed by atoms with Crippen molar-refractivity contribution < 1.29 is 8.42 Å². The predicted octanol–water partition coefficient (Wildman–Crippen LogP) is 5.25. The molecule has 148 valence electrons. The molecule has 5 nitrogen and oxygen atoms in total. The highest BCUT2D eigenvalue weighted by molar-refractivity contribution is 9.10. The van der Waals surface area contributed by atoms with E-state index in [0.717, 1.165) is 5.56 Å². The molecule has 0 spiro atoms. The molecule has 0 atom stereocenters. The minimum Gasteiger partial charge on any atom is -0.278 e. The fourth-order valence-corrected chi connectivity index (χ4v) is 5.32. The van der Waals surface area contributed by atoms with E-state index in [1.165, 1.54) is 6.20 Å². The van der Waals surface area contributed by atoms with Gasteiger partial charge in [-0.1, -0.05) is 41.6 Å². The predicted molar refractivity (Wildman–Crippen MR) is 122 cm³/mol. The summed E-state index contributed by atoms with van der Waals surface area (Å²) in [6.45, 7) is 0. The first-order chi connectivity index (χ1) is 14.5. The normalized spacial score (nSPS) is 11.0. The summed E-state index contributed by atoms with van der Waals surface area (Å²) in [4.78, 5) is 8.28. The van der Waals surface area contributed by atoms with Gasteiger partial charge in [0.25, 0.3) is 10.0 Å². The largest absolute Gasteiger partial charge is 0.278 e. The number of fused-ring (bicyclic) bond motifs is 1. The van der Waals surface area contributed by atoms with Crippen LogP contribution >= 0.6 is 27.5 Å². The molecule has 0 radical (unpaired) electrons. The van der Waals surface area contributed by atoms with Gasteiger partial charge < -0.3 is 0 Å². The molecule has 0 aliphatic heterocycles. The van der Waals surface area contributed by atoms with Crippen LogP contribution in [0.4, 0.5) is 5.69 Å². The fraction of sp³-hybridized carbons (Fsp3) is 0. The topological polar surface area (TPSA) is 72.0 Å². The van der Waals surface area contributed by atoms with E-state index in [9.17, 15) is 8.42 Å². The van der Waals surface area contributed by atoms with E-state index in [0.29, 0.717) is 26.1 Å². The van der Waals surface area contributed by atoms with Crippen molar-refractivity contribution >= 4 is 54.1 Å². The fourth-order valence-electron chi connectivity index (χ4n) is 2.84. The van der Waals surface area contributed by atoms with Gasteiger partial charge in [-0.25, -0.2) is 8.42 Å². The van der Waals surface area contributed by atoms with Crippen LogP contribution < -0.4 is 4.72 Å². The number of benzene rings is 2. The van der Waals surface area contributed by atoms with Gasteiger partial charge in [-0.15, -0.1) is 0 Å². The summed E-state index contributed by atoms with van der Waals surface area (Å²) in [5.74, 6) is 5.99. The third kappa shape index (κ3) is 4.17. The van der Waals surface area contributed by atoms with E-state index in [1.807, 2.05) is 6.07 Å². The first-order valence-corrected chi connectivity index (χ1v) is 11.4. The van der Waals surface area contributed by atoms with Gasteiger partial charge >= 0.3 is 0 Å². The molecule has 8 heteroatoms. The SMILES string of the molecule is O=S(=O)(Nc1ccccc1C#Cc1cccnc1)c1c(Br)ccc2c(Cl)ccnc12. The first-order valence-electron chi connectivity index (χ1n) is 8.72. The molecule has 4 rings (SSSR count). The molecule has 0 aliphatic carbocycles. The lowest BCUT2D eigenvalue weighted by atomic mass is 10.2.